The third kappa shape index (κ3) is 3.09. The van der Waals surface area contributed by atoms with Crippen molar-refractivity contribution in [1.82, 2.24) is 9.55 Å². The van der Waals surface area contributed by atoms with Crippen LogP contribution in [0.3, 0.4) is 0 Å². The van der Waals surface area contributed by atoms with Crippen LogP contribution in [0, 0.1) is 6.92 Å². The molecular weight excluding hydrogens is 262 g/mol. The fourth-order valence-electron chi connectivity index (χ4n) is 1.82. The summed E-state index contributed by atoms with van der Waals surface area (Å²) in [6, 6.07) is 5.41. The summed E-state index contributed by atoms with van der Waals surface area (Å²) in [7, 11) is 1.62. The van der Waals surface area contributed by atoms with Gasteiger partial charge < -0.3 is 14.6 Å². The van der Waals surface area contributed by atoms with Crippen molar-refractivity contribution in [3.8, 4) is 5.75 Å². The molecule has 0 aliphatic rings. The van der Waals surface area contributed by atoms with Gasteiger partial charge in [0.05, 0.1) is 18.5 Å². The summed E-state index contributed by atoms with van der Waals surface area (Å²) in [4.78, 5) is 4.44. The maximum absolute atomic E-state index is 6.01. The maximum atomic E-state index is 6.01. The molecule has 1 heterocycles. The van der Waals surface area contributed by atoms with Crippen molar-refractivity contribution in [2.45, 2.75) is 13.5 Å². The smallest absolute Gasteiger partial charge is 0.207 e. The summed E-state index contributed by atoms with van der Waals surface area (Å²) in [6.45, 7) is 6.37. The molecule has 0 radical (unpaired) electrons. The Hall–Kier alpha value is -1.94. The highest BCUT2D eigenvalue weighted by atomic mass is 35.5. The number of hydrogen-bond donors (Lipinski definition) is 1. The Morgan fingerprint density at radius 1 is 1.53 bits per heavy atom. The Kier molecular flexibility index (Phi) is 4.12. The number of nitrogens with zero attached hydrogens (tertiary/aromatic N) is 2. The van der Waals surface area contributed by atoms with Crippen LogP contribution in [0.2, 0.25) is 5.02 Å². The minimum atomic E-state index is 0.641. The van der Waals surface area contributed by atoms with Crippen LogP contribution in [0.25, 0.3) is 0 Å². The Balaban J connectivity index is 2.35. The van der Waals surface area contributed by atoms with Gasteiger partial charge in [-0.2, -0.15) is 0 Å². The second kappa shape index (κ2) is 5.80. The van der Waals surface area contributed by atoms with Crippen molar-refractivity contribution < 1.29 is 4.74 Å². The number of nitrogens with one attached hydrogen (secondary N) is 1. The highest BCUT2D eigenvalue weighted by Gasteiger charge is 2.09. The van der Waals surface area contributed by atoms with Gasteiger partial charge in [0.2, 0.25) is 5.95 Å². The molecule has 0 atom stereocenters. The number of anilines is 2. The van der Waals surface area contributed by atoms with Crippen LogP contribution in [0.1, 0.15) is 5.69 Å². The predicted molar refractivity (Wildman–Crippen MR) is 78.4 cm³/mol. The Bertz CT molecular complexity index is 592. The summed E-state index contributed by atoms with van der Waals surface area (Å²) in [6.07, 6.45) is 3.78. The monoisotopic (exact) mass is 277 g/mol. The van der Waals surface area contributed by atoms with Gasteiger partial charge in [-0.25, -0.2) is 4.98 Å². The van der Waals surface area contributed by atoms with E-state index in [9.17, 15) is 0 Å². The molecule has 0 amide bonds. The van der Waals surface area contributed by atoms with Gasteiger partial charge in [-0.15, -0.1) is 6.58 Å². The SMILES string of the molecule is C=CCn1cc(C)nc1Nc1cc(Cl)ccc1OC. The zero-order valence-electron chi connectivity index (χ0n) is 11.0. The lowest BCUT2D eigenvalue weighted by Gasteiger charge is -2.12. The van der Waals surface area contributed by atoms with Crippen molar-refractivity contribution >= 4 is 23.2 Å². The quantitative estimate of drug-likeness (QED) is 0.845. The Labute approximate surface area is 117 Å². The van der Waals surface area contributed by atoms with Gasteiger partial charge >= 0.3 is 0 Å². The average molecular weight is 278 g/mol. The van der Waals surface area contributed by atoms with Gasteiger partial charge in [-0.05, 0) is 25.1 Å². The van der Waals surface area contributed by atoms with Gasteiger partial charge in [0.1, 0.15) is 5.75 Å². The number of benzene rings is 1. The maximum Gasteiger partial charge on any atom is 0.207 e. The Morgan fingerprint density at radius 3 is 3.00 bits per heavy atom. The minimum Gasteiger partial charge on any atom is -0.495 e. The number of allylic oxidation sites excluding steroid dienone is 1. The zero-order chi connectivity index (χ0) is 13.8. The largest absolute Gasteiger partial charge is 0.495 e. The van der Waals surface area contributed by atoms with E-state index in [4.69, 9.17) is 16.3 Å². The van der Waals surface area contributed by atoms with Crippen LogP contribution in [0.15, 0.2) is 37.1 Å². The van der Waals surface area contributed by atoms with Crippen molar-refractivity contribution in [2.75, 3.05) is 12.4 Å². The van der Waals surface area contributed by atoms with E-state index in [1.807, 2.05) is 35.9 Å². The molecule has 2 rings (SSSR count). The number of rotatable bonds is 5. The molecule has 2 aromatic rings. The number of hydrogen-bond acceptors (Lipinski definition) is 3. The first kappa shape index (κ1) is 13.5. The first-order valence-electron chi connectivity index (χ1n) is 5.89. The summed E-state index contributed by atoms with van der Waals surface area (Å²) < 4.78 is 7.28. The van der Waals surface area contributed by atoms with E-state index in [0.29, 0.717) is 11.6 Å². The van der Waals surface area contributed by atoms with Crippen LogP contribution in [0.4, 0.5) is 11.6 Å². The van der Waals surface area contributed by atoms with E-state index in [-0.39, 0.29) is 0 Å². The van der Waals surface area contributed by atoms with Crippen molar-refractivity contribution in [3.05, 3.63) is 47.8 Å². The lowest BCUT2D eigenvalue weighted by molar-refractivity contribution is 0.416. The number of methoxy groups -OCH3 is 1. The van der Waals surface area contributed by atoms with E-state index >= 15 is 0 Å². The molecule has 5 heteroatoms. The molecule has 1 N–H and O–H groups in total. The molecule has 0 saturated carbocycles. The van der Waals surface area contributed by atoms with E-state index in [1.54, 1.807) is 13.2 Å². The molecule has 0 fully saturated rings. The predicted octanol–water partition coefficient (Wildman–Crippen LogP) is 3.78. The number of ether oxygens (including phenoxy) is 1. The summed E-state index contributed by atoms with van der Waals surface area (Å²) in [5.41, 5.74) is 1.72. The van der Waals surface area contributed by atoms with Crippen LogP contribution in [-0.4, -0.2) is 16.7 Å². The molecule has 100 valence electrons. The third-order valence-electron chi connectivity index (χ3n) is 2.63. The third-order valence-corrected chi connectivity index (χ3v) is 2.87. The van der Waals surface area contributed by atoms with Gasteiger partial charge in [0.15, 0.2) is 0 Å². The second-order valence-corrected chi connectivity index (χ2v) is 4.55. The number of halogens is 1. The molecule has 0 spiro atoms. The van der Waals surface area contributed by atoms with Crippen molar-refractivity contribution in [3.63, 3.8) is 0 Å². The lowest BCUT2D eigenvalue weighted by atomic mass is 10.3. The van der Waals surface area contributed by atoms with Crippen LogP contribution in [-0.2, 0) is 6.54 Å². The molecule has 4 nitrogen and oxygen atoms in total. The van der Waals surface area contributed by atoms with Gasteiger partial charge in [0.25, 0.3) is 0 Å². The normalized spacial score (nSPS) is 10.3. The number of aryl methyl sites for hydroxylation is 1. The molecule has 0 aliphatic carbocycles. The van der Waals surface area contributed by atoms with Gasteiger partial charge in [-0.3, -0.25) is 0 Å². The molecule has 1 aromatic heterocycles. The topological polar surface area (TPSA) is 39.1 Å². The van der Waals surface area contributed by atoms with Crippen LogP contribution < -0.4 is 10.1 Å². The van der Waals surface area contributed by atoms with Crippen molar-refractivity contribution in [1.29, 1.82) is 0 Å². The molecule has 0 saturated heterocycles. The lowest BCUT2D eigenvalue weighted by Crippen LogP contribution is -2.03. The number of imidazole rings is 1. The van der Waals surface area contributed by atoms with E-state index in [1.165, 1.54) is 0 Å². The fourth-order valence-corrected chi connectivity index (χ4v) is 2.00. The summed E-state index contributed by atoms with van der Waals surface area (Å²) >= 11 is 6.01. The Morgan fingerprint density at radius 2 is 2.32 bits per heavy atom. The summed E-state index contributed by atoms with van der Waals surface area (Å²) in [5.74, 6) is 1.45. The molecular formula is C14H16ClN3O. The van der Waals surface area contributed by atoms with E-state index in [2.05, 4.69) is 16.9 Å². The van der Waals surface area contributed by atoms with Crippen LogP contribution in [0.5, 0.6) is 5.75 Å². The average Bonchev–Trinajstić information content (AvgIpc) is 2.70. The van der Waals surface area contributed by atoms with Crippen molar-refractivity contribution in [2.24, 2.45) is 0 Å². The van der Waals surface area contributed by atoms with E-state index < -0.39 is 0 Å². The molecule has 0 unspecified atom stereocenters. The zero-order valence-corrected chi connectivity index (χ0v) is 11.7. The molecule has 0 bridgehead atoms. The molecule has 19 heavy (non-hydrogen) atoms. The highest BCUT2D eigenvalue weighted by molar-refractivity contribution is 6.30. The first-order chi connectivity index (χ1) is 9.13. The fraction of sp³-hybridized carbons (Fsp3) is 0.214. The second-order valence-electron chi connectivity index (χ2n) is 4.12. The highest BCUT2D eigenvalue weighted by Crippen LogP contribution is 2.30. The van der Waals surface area contributed by atoms with Gasteiger partial charge in [0, 0.05) is 17.8 Å². The minimum absolute atomic E-state index is 0.641. The summed E-state index contributed by atoms with van der Waals surface area (Å²) in [5, 5.41) is 3.87. The molecule has 1 aromatic carbocycles. The van der Waals surface area contributed by atoms with Crippen LogP contribution >= 0.6 is 11.6 Å². The van der Waals surface area contributed by atoms with Gasteiger partial charge in [-0.1, -0.05) is 17.7 Å². The number of aromatic nitrogens is 2. The molecule has 0 aliphatic heterocycles. The van der Waals surface area contributed by atoms with E-state index in [0.717, 1.165) is 23.1 Å². The standard InChI is InChI=1S/C14H16ClN3O/c1-4-7-18-9-10(2)16-14(18)17-12-8-11(15)5-6-13(12)19-3/h4-6,8-9H,1,7H2,2-3H3,(H,16,17). The first-order valence-corrected chi connectivity index (χ1v) is 6.27.